The molecule has 0 amide bonds. The lowest BCUT2D eigenvalue weighted by Crippen LogP contribution is -2.13. The highest BCUT2D eigenvalue weighted by Crippen LogP contribution is 2.38. The van der Waals surface area contributed by atoms with E-state index in [0.717, 1.165) is 16.9 Å². The molecule has 0 N–H and O–H groups in total. The van der Waals surface area contributed by atoms with Gasteiger partial charge in [0.15, 0.2) is 0 Å². The van der Waals surface area contributed by atoms with Crippen molar-refractivity contribution in [1.82, 2.24) is 0 Å². The summed E-state index contributed by atoms with van der Waals surface area (Å²) < 4.78 is 15.1. The van der Waals surface area contributed by atoms with Crippen molar-refractivity contribution in [2.24, 2.45) is 5.92 Å². The van der Waals surface area contributed by atoms with Crippen molar-refractivity contribution >= 4 is 22.4 Å². The van der Waals surface area contributed by atoms with Crippen molar-refractivity contribution in [3.05, 3.63) is 94.3 Å². The van der Waals surface area contributed by atoms with Gasteiger partial charge in [-0.05, 0) is 98.6 Å². The Hall–Kier alpha value is -2.56. The molecule has 0 heterocycles. The van der Waals surface area contributed by atoms with Crippen LogP contribution in [0, 0.1) is 23.6 Å². The lowest BCUT2D eigenvalue weighted by atomic mass is 9.77. The maximum atomic E-state index is 15.1. The van der Waals surface area contributed by atoms with Crippen LogP contribution in [0.1, 0.15) is 68.1 Å². The summed E-state index contributed by atoms with van der Waals surface area (Å²) >= 11 is 5.91. The minimum absolute atomic E-state index is 0.238. The second-order valence-electron chi connectivity index (χ2n) is 8.53. The molecular formula is C29H28ClF. The molecule has 31 heavy (non-hydrogen) atoms. The van der Waals surface area contributed by atoms with E-state index in [1.165, 1.54) is 44.1 Å². The topological polar surface area (TPSA) is 0 Å². The van der Waals surface area contributed by atoms with Crippen LogP contribution in [-0.4, -0.2) is 0 Å². The smallest absolute Gasteiger partial charge is 0.146 e. The number of hydrogen-bond donors (Lipinski definition) is 0. The van der Waals surface area contributed by atoms with Crippen LogP contribution in [0.3, 0.4) is 0 Å². The zero-order chi connectivity index (χ0) is 21.6. The Morgan fingerprint density at radius 3 is 2.48 bits per heavy atom. The Labute approximate surface area is 190 Å². The monoisotopic (exact) mass is 430 g/mol. The third kappa shape index (κ3) is 5.38. The van der Waals surface area contributed by atoms with Gasteiger partial charge in [0, 0.05) is 16.0 Å². The van der Waals surface area contributed by atoms with Crippen molar-refractivity contribution < 1.29 is 4.39 Å². The summed E-state index contributed by atoms with van der Waals surface area (Å²) in [6.45, 7) is 2.09. The number of hydrogen-bond acceptors (Lipinski definition) is 0. The summed E-state index contributed by atoms with van der Waals surface area (Å²) in [5.74, 6) is 7.21. The minimum atomic E-state index is -0.238. The first-order valence-electron chi connectivity index (χ1n) is 11.2. The largest absolute Gasteiger partial charge is 0.205 e. The molecule has 0 nitrogen and oxygen atoms in total. The van der Waals surface area contributed by atoms with Gasteiger partial charge in [0.2, 0.25) is 0 Å². The Morgan fingerprint density at radius 1 is 0.968 bits per heavy atom. The van der Waals surface area contributed by atoms with Gasteiger partial charge >= 0.3 is 0 Å². The third-order valence-electron chi connectivity index (χ3n) is 6.46. The van der Waals surface area contributed by atoms with Gasteiger partial charge in [-0.2, -0.15) is 0 Å². The SMILES string of the molecule is C/C=C/CCC1CCC(c2ccc3c(F)c(C#Cc4ccc(Cl)cc4)ccc3c2)CC1. The van der Waals surface area contributed by atoms with E-state index in [2.05, 4.69) is 43.0 Å². The van der Waals surface area contributed by atoms with Crippen molar-refractivity contribution in [2.75, 3.05) is 0 Å². The predicted molar refractivity (Wildman–Crippen MR) is 130 cm³/mol. The fourth-order valence-corrected chi connectivity index (χ4v) is 4.74. The highest BCUT2D eigenvalue weighted by Gasteiger charge is 2.22. The second kappa shape index (κ2) is 10.2. The van der Waals surface area contributed by atoms with E-state index in [-0.39, 0.29) is 5.82 Å². The van der Waals surface area contributed by atoms with E-state index >= 15 is 4.39 Å². The van der Waals surface area contributed by atoms with Gasteiger partial charge in [-0.1, -0.05) is 59.9 Å². The van der Waals surface area contributed by atoms with E-state index in [0.29, 0.717) is 21.9 Å². The molecule has 0 aliphatic heterocycles. The molecule has 3 aromatic carbocycles. The molecule has 0 aromatic heterocycles. The molecule has 1 fully saturated rings. The number of benzene rings is 3. The van der Waals surface area contributed by atoms with Crippen molar-refractivity contribution in [2.45, 2.75) is 51.4 Å². The fraction of sp³-hybridized carbons (Fsp3) is 0.310. The highest BCUT2D eigenvalue weighted by molar-refractivity contribution is 6.30. The first-order valence-corrected chi connectivity index (χ1v) is 11.6. The number of rotatable bonds is 4. The fourth-order valence-electron chi connectivity index (χ4n) is 4.62. The maximum absolute atomic E-state index is 15.1. The van der Waals surface area contributed by atoms with Crippen molar-refractivity contribution in [1.29, 1.82) is 0 Å². The van der Waals surface area contributed by atoms with Gasteiger partial charge in [0.05, 0.1) is 5.56 Å². The van der Waals surface area contributed by atoms with Gasteiger partial charge in [0.1, 0.15) is 5.82 Å². The normalized spacial score (nSPS) is 18.8. The van der Waals surface area contributed by atoms with E-state index in [9.17, 15) is 0 Å². The van der Waals surface area contributed by atoms with Gasteiger partial charge in [-0.25, -0.2) is 4.39 Å². The molecule has 0 unspecified atom stereocenters. The highest BCUT2D eigenvalue weighted by atomic mass is 35.5. The molecule has 1 aliphatic rings. The average molecular weight is 431 g/mol. The standard InChI is InChI=1S/C29H28ClF/c1-2-3-4-5-21-6-11-23(12-7-21)25-16-19-28-26(20-25)15-14-24(29(28)31)13-8-22-9-17-27(30)18-10-22/h2-3,9-10,14-21,23H,4-7,11-12H2,1H3/b3-2+. The van der Waals surface area contributed by atoms with E-state index in [1.54, 1.807) is 18.2 Å². The molecule has 0 saturated heterocycles. The molecule has 3 aromatic rings. The molecule has 1 aliphatic carbocycles. The summed E-state index contributed by atoms with van der Waals surface area (Å²) in [6.07, 6.45) is 12.0. The molecular weight excluding hydrogens is 403 g/mol. The third-order valence-corrected chi connectivity index (χ3v) is 6.71. The first-order chi connectivity index (χ1) is 15.1. The lowest BCUT2D eigenvalue weighted by Gasteiger charge is -2.28. The van der Waals surface area contributed by atoms with E-state index in [1.807, 2.05) is 24.3 Å². The minimum Gasteiger partial charge on any atom is -0.205 e. The van der Waals surface area contributed by atoms with Crippen LogP contribution in [-0.2, 0) is 0 Å². The molecule has 0 radical (unpaired) electrons. The summed E-state index contributed by atoms with van der Waals surface area (Å²) in [5.41, 5.74) is 2.59. The van der Waals surface area contributed by atoms with Gasteiger partial charge < -0.3 is 0 Å². The molecule has 0 spiro atoms. The number of fused-ring (bicyclic) bond motifs is 1. The van der Waals surface area contributed by atoms with Crippen molar-refractivity contribution in [3.63, 3.8) is 0 Å². The van der Waals surface area contributed by atoms with Crippen molar-refractivity contribution in [3.8, 4) is 11.8 Å². The second-order valence-corrected chi connectivity index (χ2v) is 8.97. The molecule has 0 bridgehead atoms. The summed E-state index contributed by atoms with van der Waals surface area (Å²) in [6, 6.07) is 17.3. The first kappa shape index (κ1) is 21.7. The molecule has 158 valence electrons. The van der Waals surface area contributed by atoms with Crippen LogP contribution >= 0.6 is 11.6 Å². The average Bonchev–Trinajstić information content (AvgIpc) is 2.80. The summed E-state index contributed by atoms with van der Waals surface area (Å²) in [7, 11) is 0. The number of halogens is 2. The van der Waals surface area contributed by atoms with Crippen LogP contribution < -0.4 is 0 Å². The summed E-state index contributed by atoms with van der Waals surface area (Å²) in [4.78, 5) is 0. The Kier molecular flexibility index (Phi) is 7.10. The summed E-state index contributed by atoms with van der Waals surface area (Å²) in [5, 5.41) is 2.27. The molecule has 2 heteroatoms. The predicted octanol–water partition coefficient (Wildman–Crippen LogP) is 8.66. The molecule has 0 atom stereocenters. The van der Waals surface area contributed by atoms with Crippen LogP contribution in [0.25, 0.3) is 10.8 Å². The maximum Gasteiger partial charge on any atom is 0.146 e. The van der Waals surface area contributed by atoms with Gasteiger partial charge in [-0.15, -0.1) is 0 Å². The van der Waals surface area contributed by atoms with Crippen LogP contribution in [0.2, 0.25) is 5.02 Å². The quantitative estimate of drug-likeness (QED) is 0.287. The Morgan fingerprint density at radius 2 is 1.74 bits per heavy atom. The zero-order valence-electron chi connectivity index (χ0n) is 18.0. The zero-order valence-corrected chi connectivity index (χ0v) is 18.8. The Bertz CT molecular complexity index is 1120. The van der Waals surface area contributed by atoms with Gasteiger partial charge in [0.25, 0.3) is 0 Å². The Balaban J connectivity index is 1.48. The van der Waals surface area contributed by atoms with Crippen LogP contribution in [0.15, 0.2) is 66.7 Å². The lowest BCUT2D eigenvalue weighted by molar-refractivity contribution is 0.312. The molecule has 1 saturated carbocycles. The van der Waals surface area contributed by atoms with E-state index in [4.69, 9.17) is 11.6 Å². The van der Waals surface area contributed by atoms with Gasteiger partial charge in [-0.3, -0.25) is 0 Å². The van der Waals surface area contributed by atoms with Crippen LogP contribution in [0.5, 0.6) is 0 Å². The molecule has 4 rings (SSSR count). The van der Waals surface area contributed by atoms with E-state index < -0.39 is 0 Å². The number of allylic oxidation sites excluding steroid dienone is 2. The van der Waals surface area contributed by atoms with Crippen LogP contribution in [0.4, 0.5) is 4.39 Å².